The first kappa shape index (κ1) is 12.7. The fraction of sp³-hybridized carbons (Fsp3) is 0.286. The highest BCUT2D eigenvalue weighted by Crippen LogP contribution is 2.36. The smallest absolute Gasteiger partial charge is 0.239 e. The number of nitrogens with two attached hydrogens (primary N) is 1. The first-order valence-corrected chi connectivity index (χ1v) is 6.59. The van der Waals surface area contributed by atoms with Crippen LogP contribution in [0, 0.1) is 6.92 Å². The number of nitrogen functional groups attached to an aromatic ring is 1. The second-order valence-corrected chi connectivity index (χ2v) is 4.67. The van der Waals surface area contributed by atoms with Gasteiger partial charge in [0.25, 0.3) is 0 Å². The molecule has 3 rings (SSSR count). The van der Waals surface area contributed by atoms with Gasteiger partial charge < -0.3 is 9.64 Å². The summed E-state index contributed by atoms with van der Waals surface area (Å²) in [6.07, 6.45) is 2.70. The van der Waals surface area contributed by atoms with Crippen molar-refractivity contribution < 1.29 is 4.74 Å². The summed E-state index contributed by atoms with van der Waals surface area (Å²) in [4.78, 5) is 10.8. The molecule has 0 amide bonds. The van der Waals surface area contributed by atoms with Crippen molar-refractivity contribution in [2.75, 3.05) is 23.5 Å². The lowest BCUT2D eigenvalue weighted by Gasteiger charge is -2.24. The average molecular weight is 271 g/mol. The fourth-order valence-corrected chi connectivity index (χ4v) is 2.32. The molecular weight excluding hydrogens is 254 g/mol. The standard InChI is InChI=1S/C14H17N5O/c1-10-9-16-14(18-15)17-13(10)19-7-4-8-20-12-6-3-2-5-11(12)19/h2-3,5-6,9H,4,7-8,15H2,1H3,(H,16,17,18). The third kappa shape index (κ3) is 2.25. The molecule has 0 radical (unpaired) electrons. The van der Waals surface area contributed by atoms with Gasteiger partial charge in [-0.05, 0) is 25.5 Å². The zero-order valence-corrected chi connectivity index (χ0v) is 11.3. The molecule has 2 aromatic rings. The van der Waals surface area contributed by atoms with Crippen LogP contribution >= 0.6 is 0 Å². The lowest BCUT2D eigenvalue weighted by Crippen LogP contribution is -2.21. The minimum absolute atomic E-state index is 0.410. The van der Waals surface area contributed by atoms with Crippen molar-refractivity contribution in [1.29, 1.82) is 0 Å². The van der Waals surface area contributed by atoms with Gasteiger partial charge in [0, 0.05) is 18.3 Å². The second-order valence-electron chi connectivity index (χ2n) is 4.67. The molecule has 0 bridgehead atoms. The first-order chi connectivity index (χ1) is 9.79. The predicted octanol–water partition coefficient (Wildman–Crippen LogP) is 1.99. The summed E-state index contributed by atoms with van der Waals surface area (Å²) in [6, 6.07) is 7.99. The third-order valence-corrected chi connectivity index (χ3v) is 3.27. The quantitative estimate of drug-likeness (QED) is 0.642. The summed E-state index contributed by atoms with van der Waals surface area (Å²) in [5.74, 6) is 7.55. The number of fused-ring (bicyclic) bond motifs is 1. The van der Waals surface area contributed by atoms with Gasteiger partial charge in [0.2, 0.25) is 5.95 Å². The minimum atomic E-state index is 0.410. The lowest BCUT2D eigenvalue weighted by atomic mass is 10.2. The Bertz CT molecular complexity index is 616. The van der Waals surface area contributed by atoms with Crippen LogP contribution in [0.3, 0.4) is 0 Å². The Morgan fingerprint density at radius 1 is 1.35 bits per heavy atom. The normalized spacial score (nSPS) is 14.2. The molecule has 0 atom stereocenters. The highest BCUT2D eigenvalue weighted by Gasteiger charge is 2.20. The molecule has 0 saturated heterocycles. The molecule has 1 aliphatic heterocycles. The highest BCUT2D eigenvalue weighted by molar-refractivity contribution is 5.69. The van der Waals surface area contributed by atoms with Crippen LogP contribution < -0.4 is 20.9 Å². The molecule has 1 aliphatic rings. The average Bonchev–Trinajstić information content (AvgIpc) is 2.70. The zero-order valence-electron chi connectivity index (χ0n) is 11.3. The maximum atomic E-state index is 5.77. The Morgan fingerprint density at radius 3 is 3.05 bits per heavy atom. The third-order valence-electron chi connectivity index (χ3n) is 3.27. The zero-order chi connectivity index (χ0) is 13.9. The summed E-state index contributed by atoms with van der Waals surface area (Å²) in [6.45, 7) is 3.54. The number of benzene rings is 1. The summed E-state index contributed by atoms with van der Waals surface area (Å²) >= 11 is 0. The molecule has 0 fully saturated rings. The number of hydrogen-bond acceptors (Lipinski definition) is 6. The molecule has 0 saturated carbocycles. The van der Waals surface area contributed by atoms with Crippen LogP contribution in [0.5, 0.6) is 5.75 Å². The van der Waals surface area contributed by atoms with E-state index in [2.05, 4.69) is 20.3 Å². The van der Waals surface area contributed by atoms with Crippen LogP contribution in [0.25, 0.3) is 0 Å². The fourth-order valence-electron chi connectivity index (χ4n) is 2.32. The van der Waals surface area contributed by atoms with Crippen molar-refractivity contribution in [3.05, 3.63) is 36.0 Å². The van der Waals surface area contributed by atoms with Crippen molar-refractivity contribution >= 4 is 17.5 Å². The number of ether oxygens (including phenoxy) is 1. The maximum Gasteiger partial charge on any atom is 0.239 e. The van der Waals surface area contributed by atoms with Crippen LogP contribution in [-0.4, -0.2) is 23.1 Å². The first-order valence-electron chi connectivity index (χ1n) is 6.59. The topological polar surface area (TPSA) is 76.3 Å². The number of nitrogens with zero attached hydrogens (tertiary/aromatic N) is 3. The Kier molecular flexibility index (Phi) is 3.39. The van der Waals surface area contributed by atoms with Gasteiger partial charge in [0.05, 0.1) is 12.3 Å². The van der Waals surface area contributed by atoms with E-state index >= 15 is 0 Å². The largest absolute Gasteiger partial charge is 0.491 e. The van der Waals surface area contributed by atoms with Crippen LogP contribution in [0.1, 0.15) is 12.0 Å². The lowest BCUT2D eigenvalue weighted by molar-refractivity contribution is 0.322. The minimum Gasteiger partial charge on any atom is -0.491 e. The predicted molar refractivity (Wildman–Crippen MR) is 78.1 cm³/mol. The molecule has 20 heavy (non-hydrogen) atoms. The van der Waals surface area contributed by atoms with Crippen LogP contribution in [0.4, 0.5) is 17.5 Å². The van der Waals surface area contributed by atoms with Gasteiger partial charge in [-0.25, -0.2) is 10.8 Å². The summed E-state index contributed by atoms with van der Waals surface area (Å²) in [5, 5.41) is 0. The van der Waals surface area contributed by atoms with Gasteiger partial charge in [0.15, 0.2) is 0 Å². The van der Waals surface area contributed by atoms with Gasteiger partial charge in [-0.2, -0.15) is 4.98 Å². The number of aromatic nitrogens is 2. The molecule has 0 aliphatic carbocycles. The van der Waals surface area contributed by atoms with Crippen LogP contribution in [0.15, 0.2) is 30.5 Å². The number of hydrazine groups is 1. The van der Waals surface area contributed by atoms with E-state index in [0.29, 0.717) is 12.6 Å². The van der Waals surface area contributed by atoms with E-state index in [4.69, 9.17) is 10.6 Å². The number of anilines is 3. The number of aryl methyl sites for hydroxylation is 1. The molecule has 0 spiro atoms. The van der Waals surface area contributed by atoms with E-state index in [9.17, 15) is 0 Å². The Morgan fingerprint density at radius 2 is 2.20 bits per heavy atom. The SMILES string of the molecule is Cc1cnc(NN)nc1N1CCCOc2ccccc21. The Balaban J connectivity index is 2.09. The number of nitrogens with one attached hydrogen (secondary N) is 1. The number of hydrogen-bond donors (Lipinski definition) is 2. The van der Waals surface area contributed by atoms with Crippen molar-refractivity contribution in [2.24, 2.45) is 5.84 Å². The summed E-state index contributed by atoms with van der Waals surface area (Å²) in [7, 11) is 0. The van der Waals surface area contributed by atoms with Crippen LogP contribution in [0.2, 0.25) is 0 Å². The van der Waals surface area contributed by atoms with E-state index in [-0.39, 0.29) is 0 Å². The van der Waals surface area contributed by atoms with Crippen molar-refractivity contribution in [1.82, 2.24) is 9.97 Å². The second kappa shape index (κ2) is 5.34. The molecule has 3 N–H and O–H groups in total. The number of para-hydroxylation sites is 2. The summed E-state index contributed by atoms with van der Waals surface area (Å²) < 4.78 is 5.77. The van der Waals surface area contributed by atoms with Gasteiger partial charge >= 0.3 is 0 Å². The van der Waals surface area contributed by atoms with Crippen molar-refractivity contribution in [3.8, 4) is 5.75 Å². The molecule has 104 valence electrons. The maximum absolute atomic E-state index is 5.77. The highest BCUT2D eigenvalue weighted by atomic mass is 16.5. The Hall–Kier alpha value is -2.34. The van der Waals surface area contributed by atoms with Crippen molar-refractivity contribution in [2.45, 2.75) is 13.3 Å². The van der Waals surface area contributed by atoms with E-state index in [1.807, 2.05) is 31.2 Å². The van der Waals surface area contributed by atoms with Gasteiger partial charge in [0.1, 0.15) is 11.6 Å². The Labute approximate surface area is 117 Å². The van der Waals surface area contributed by atoms with E-state index < -0.39 is 0 Å². The summed E-state index contributed by atoms with van der Waals surface area (Å²) in [5.41, 5.74) is 4.52. The van der Waals surface area contributed by atoms with Gasteiger partial charge in [-0.3, -0.25) is 5.43 Å². The molecular formula is C14H17N5O. The molecule has 6 nitrogen and oxygen atoms in total. The van der Waals surface area contributed by atoms with Gasteiger partial charge in [-0.15, -0.1) is 0 Å². The van der Waals surface area contributed by atoms with Crippen LogP contribution in [-0.2, 0) is 0 Å². The monoisotopic (exact) mass is 271 g/mol. The van der Waals surface area contributed by atoms with E-state index in [1.165, 1.54) is 0 Å². The molecule has 2 heterocycles. The van der Waals surface area contributed by atoms with E-state index in [1.54, 1.807) is 6.20 Å². The number of rotatable bonds is 2. The molecule has 1 aromatic heterocycles. The molecule has 1 aromatic carbocycles. The van der Waals surface area contributed by atoms with E-state index in [0.717, 1.165) is 35.8 Å². The van der Waals surface area contributed by atoms with Crippen molar-refractivity contribution in [3.63, 3.8) is 0 Å². The van der Waals surface area contributed by atoms with Gasteiger partial charge in [-0.1, -0.05) is 12.1 Å². The molecule has 0 unspecified atom stereocenters. The molecule has 6 heteroatoms.